The van der Waals surface area contributed by atoms with E-state index in [-0.39, 0.29) is 11.9 Å². The van der Waals surface area contributed by atoms with Crippen molar-refractivity contribution in [3.05, 3.63) is 107 Å². The summed E-state index contributed by atoms with van der Waals surface area (Å²) in [6.45, 7) is 5.38. The molecule has 1 aliphatic rings. The molecule has 4 aromatic rings. The van der Waals surface area contributed by atoms with Crippen LogP contribution in [0.3, 0.4) is 0 Å². The second kappa shape index (κ2) is 9.18. The molecule has 0 radical (unpaired) electrons. The van der Waals surface area contributed by atoms with Gasteiger partial charge in [-0.05, 0) is 36.6 Å². The van der Waals surface area contributed by atoms with E-state index < -0.39 is 0 Å². The molecule has 0 saturated carbocycles. The zero-order valence-corrected chi connectivity index (χ0v) is 19.9. The summed E-state index contributed by atoms with van der Waals surface area (Å²) in [4.78, 5) is 15.7. The topological polar surface area (TPSA) is 47.4 Å². The molecule has 1 amide bonds. The van der Waals surface area contributed by atoms with Crippen molar-refractivity contribution in [2.75, 3.05) is 6.61 Å². The van der Waals surface area contributed by atoms with E-state index >= 15 is 0 Å². The highest BCUT2D eigenvalue weighted by Gasteiger charge is 2.43. The molecule has 1 aliphatic heterocycles. The van der Waals surface area contributed by atoms with Gasteiger partial charge >= 0.3 is 0 Å². The first-order chi connectivity index (χ1) is 16.6. The Balaban J connectivity index is 1.62. The van der Waals surface area contributed by atoms with E-state index in [1.165, 1.54) is 5.56 Å². The molecule has 5 rings (SSSR count). The zero-order chi connectivity index (χ0) is 23.7. The van der Waals surface area contributed by atoms with Gasteiger partial charge in [-0.15, -0.1) is 0 Å². The summed E-state index contributed by atoms with van der Waals surface area (Å²) in [5, 5.41) is 4.80. The number of carbonyl (C=O) groups excluding carboxylic acids is 1. The first-order valence-corrected chi connectivity index (χ1v) is 11.8. The Bertz CT molecular complexity index is 1290. The van der Waals surface area contributed by atoms with Crippen LogP contribution in [0.15, 0.2) is 78.9 Å². The molecule has 0 unspecified atom stereocenters. The van der Waals surface area contributed by atoms with Gasteiger partial charge in [-0.1, -0.05) is 79.2 Å². The summed E-state index contributed by atoms with van der Waals surface area (Å²) in [5.74, 6) is 0.846. The van der Waals surface area contributed by atoms with Crippen molar-refractivity contribution < 1.29 is 9.53 Å². The SMILES string of the molecule is CCCOc1ccc([C@H]2c3c(-c4ccc(C)cc4)nn(C)c3C(=O)N2Cc2ccccc2)cc1. The summed E-state index contributed by atoms with van der Waals surface area (Å²) in [6, 6.07) is 26.4. The molecule has 0 spiro atoms. The van der Waals surface area contributed by atoms with Gasteiger partial charge in [0, 0.05) is 24.7 Å². The van der Waals surface area contributed by atoms with Crippen molar-refractivity contribution >= 4 is 5.91 Å². The van der Waals surface area contributed by atoms with Crippen molar-refractivity contribution in [3.63, 3.8) is 0 Å². The Morgan fingerprint density at radius 2 is 1.65 bits per heavy atom. The van der Waals surface area contributed by atoms with Crippen molar-refractivity contribution in [1.29, 1.82) is 0 Å². The number of fused-ring (bicyclic) bond motifs is 1. The molecule has 2 heterocycles. The Morgan fingerprint density at radius 3 is 2.32 bits per heavy atom. The second-order valence-corrected chi connectivity index (χ2v) is 8.84. The van der Waals surface area contributed by atoms with Crippen LogP contribution >= 0.6 is 0 Å². The third-order valence-corrected chi connectivity index (χ3v) is 6.32. The lowest BCUT2D eigenvalue weighted by molar-refractivity contribution is 0.0726. The van der Waals surface area contributed by atoms with Crippen LogP contribution in [0.4, 0.5) is 0 Å². The number of aromatic nitrogens is 2. The average Bonchev–Trinajstić information content (AvgIpc) is 3.34. The van der Waals surface area contributed by atoms with Crippen LogP contribution in [-0.2, 0) is 13.6 Å². The third kappa shape index (κ3) is 3.98. The molecule has 3 aromatic carbocycles. The molecule has 1 atom stereocenters. The lowest BCUT2D eigenvalue weighted by Gasteiger charge is -2.27. The lowest BCUT2D eigenvalue weighted by atomic mass is 9.95. The van der Waals surface area contributed by atoms with Gasteiger partial charge < -0.3 is 9.64 Å². The third-order valence-electron chi connectivity index (χ3n) is 6.32. The number of nitrogens with zero attached hydrogens (tertiary/aromatic N) is 3. The highest BCUT2D eigenvalue weighted by molar-refractivity contribution is 6.00. The maximum Gasteiger partial charge on any atom is 0.273 e. The minimum atomic E-state index is -0.229. The fourth-order valence-corrected chi connectivity index (χ4v) is 4.64. The smallest absolute Gasteiger partial charge is 0.273 e. The van der Waals surface area contributed by atoms with E-state index in [9.17, 15) is 4.79 Å². The summed E-state index contributed by atoms with van der Waals surface area (Å²) in [6.07, 6.45) is 0.961. The predicted octanol–water partition coefficient (Wildman–Crippen LogP) is 5.93. The van der Waals surface area contributed by atoms with Crippen molar-refractivity contribution in [2.24, 2.45) is 7.05 Å². The Hall–Kier alpha value is -3.86. The predicted molar refractivity (Wildman–Crippen MR) is 134 cm³/mol. The second-order valence-electron chi connectivity index (χ2n) is 8.84. The number of ether oxygens (including phenoxy) is 1. The molecule has 1 aromatic heterocycles. The number of amides is 1. The quantitative estimate of drug-likeness (QED) is 0.350. The van der Waals surface area contributed by atoms with Crippen LogP contribution in [0, 0.1) is 6.92 Å². The lowest BCUT2D eigenvalue weighted by Crippen LogP contribution is -2.29. The van der Waals surface area contributed by atoms with Gasteiger partial charge in [0.25, 0.3) is 5.91 Å². The fraction of sp³-hybridized carbons (Fsp3) is 0.241. The Labute approximate surface area is 200 Å². The van der Waals surface area contributed by atoms with Gasteiger partial charge in [-0.25, -0.2) is 0 Å². The van der Waals surface area contributed by atoms with E-state index in [1.54, 1.807) is 4.68 Å². The molecule has 0 saturated heterocycles. The van der Waals surface area contributed by atoms with E-state index in [1.807, 2.05) is 42.3 Å². The van der Waals surface area contributed by atoms with Gasteiger partial charge in [0.1, 0.15) is 11.4 Å². The van der Waals surface area contributed by atoms with E-state index in [4.69, 9.17) is 9.84 Å². The molecule has 0 fully saturated rings. The number of hydrogen-bond donors (Lipinski definition) is 0. The first kappa shape index (κ1) is 22.0. The number of carbonyl (C=O) groups is 1. The van der Waals surface area contributed by atoms with Crippen LogP contribution in [0.5, 0.6) is 5.75 Å². The molecule has 0 aliphatic carbocycles. The standard InChI is InChI=1S/C29H29N3O2/c1-4-18-34-24-16-14-23(15-17-24)27-25-26(22-12-10-20(2)11-13-22)30-31(3)28(25)29(33)32(27)19-21-8-6-5-7-9-21/h5-17,27H,4,18-19H2,1-3H3/t27-/m0/s1. The highest BCUT2D eigenvalue weighted by Crippen LogP contribution is 2.44. The molecular weight excluding hydrogens is 422 g/mol. The first-order valence-electron chi connectivity index (χ1n) is 11.8. The maximum absolute atomic E-state index is 13.8. The molecule has 5 nitrogen and oxygen atoms in total. The van der Waals surface area contributed by atoms with Crippen LogP contribution in [-0.4, -0.2) is 27.2 Å². The monoisotopic (exact) mass is 451 g/mol. The van der Waals surface area contributed by atoms with Crippen LogP contribution in [0.1, 0.15) is 52.1 Å². The molecular formula is C29H29N3O2. The largest absolute Gasteiger partial charge is 0.494 e. The van der Waals surface area contributed by atoms with Crippen LogP contribution in [0.25, 0.3) is 11.3 Å². The highest BCUT2D eigenvalue weighted by atomic mass is 16.5. The Kier molecular flexibility index (Phi) is 5.93. The summed E-state index contributed by atoms with van der Waals surface area (Å²) in [7, 11) is 1.86. The van der Waals surface area contributed by atoms with E-state index in [2.05, 4.69) is 62.4 Å². The molecule has 0 N–H and O–H groups in total. The maximum atomic E-state index is 13.8. The van der Waals surface area contributed by atoms with Crippen molar-refractivity contribution in [1.82, 2.24) is 14.7 Å². The van der Waals surface area contributed by atoms with E-state index in [0.717, 1.165) is 40.1 Å². The molecule has 0 bridgehead atoms. The van der Waals surface area contributed by atoms with Crippen molar-refractivity contribution in [2.45, 2.75) is 32.9 Å². The zero-order valence-electron chi connectivity index (χ0n) is 19.9. The van der Waals surface area contributed by atoms with Gasteiger partial charge in [-0.2, -0.15) is 5.10 Å². The minimum Gasteiger partial charge on any atom is -0.494 e. The number of benzene rings is 3. The van der Waals surface area contributed by atoms with Gasteiger partial charge in [0.15, 0.2) is 0 Å². The average molecular weight is 452 g/mol. The van der Waals surface area contributed by atoms with E-state index in [0.29, 0.717) is 18.8 Å². The molecule has 172 valence electrons. The van der Waals surface area contributed by atoms with Gasteiger partial charge in [-0.3, -0.25) is 9.48 Å². The number of rotatable bonds is 7. The van der Waals surface area contributed by atoms with Crippen molar-refractivity contribution in [3.8, 4) is 17.0 Å². The van der Waals surface area contributed by atoms with Crippen LogP contribution in [0.2, 0.25) is 0 Å². The summed E-state index contributed by atoms with van der Waals surface area (Å²) < 4.78 is 7.54. The van der Waals surface area contributed by atoms with Gasteiger partial charge in [0.2, 0.25) is 0 Å². The number of aryl methyl sites for hydroxylation is 2. The molecule has 34 heavy (non-hydrogen) atoms. The van der Waals surface area contributed by atoms with Gasteiger partial charge in [0.05, 0.1) is 18.3 Å². The summed E-state index contributed by atoms with van der Waals surface area (Å²) >= 11 is 0. The minimum absolute atomic E-state index is 0.00326. The summed E-state index contributed by atoms with van der Waals surface area (Å²) in [5.41, 5.74) is 6.84. The number of hydrogen-bond acceptors (Lipinski definition) is 3. The fourth-order valence-electron chi connectivity index (χ4n) is 4.64. The normalized spacial score (nSPS) is 15.0. The Morgan fingerprint density at radius 1 is 0.941 bits per heavy atom. The van der Waals surface area contributed by atoms with Crippen LogP contribution < -0.4 is 4.74 Å². The molecule has 5 heteroatoms.